The third-order valence-corrected chi connectivity index (χ3v) is 23.1. The number of rotatable bonds is 8. The van der Waals surface area contributed by atoms with Gasteiger partial charge < -0.3 is 0 Å². The van der Waals surface area contributed by atoms with E-state index in [4.69, 9.17) is 0 Å². The summed E-state index contributed by atoms with van der Waals surface area (Å²) < 4.78 is 1.70. The van der Waals surface area contributed by atoms with E-state index >= 15 is 0 Å². The summed E-state index contributed by atoms with van der Waals surface area (Å²) in [6, 6.07) is 68.2. The van der Waals surface area contributed by atoms with Gasteiger partial charge in [-0.2, -0.15) is 0 Å². The van der Waals surface area contributed by atoms with Gasteiger partial charge in [-0.1, -0.05) is 0 Å². The van der Waals surface area contributed by atoms with E-state index in [1.54, 1.807) is 3.93 Å². The standard InChI is InChI=1S/C38H33P2Se/c1-41-38(39(32-20-8-2-9-21-32,33-22-10-3-11-23-33)34-24-12-4-13-25-34)40(35-26-14-5-15-27-35,36-28-16-6-17-29-36)37-30-18-7-19-31-37/h2-31H,1H3/q+1. The van der Waals surface area contributed by atoms with Crippen molar-refractivity contribution in [1.82, 2.24) is 0 Å². The Hall–Kier alpha value is -3.43. The van der Waals surface area contributed by atoms with Crippen molar-refractivity contribution in [2.75, 3.05) is 0 Å². The van der Waals surface area contributed by atoms with Gasteiger partial charge in [-0.05, 0) is 0 Å². The van der Waals surface area contributed by atoms with Crippen molar-refractivity contribution in [1.29, 1.82) is 0 Å². The van der Waals surface area contributed by atoms with Crippen LogP contribution in [-0.2, 0) is 0 Å². The van der Waals surface area contributed by atoms with Gasteiger partial charge in [-0.15, -0.1) is 0 Å². The van der Waals surface area contributed by atoms with Crippen molar-refractivity contribution in [3.63, 3.8) is 0 Å². The van der Waals surface area contributed by atoms with Crippen LogP contribution < -0.4 is 31.8 Å². The molecule has 0 atom stereocenters. The van der Waals surface area contributed by atoms with Gasteiger partial charge in [0.15, 0.2) is 0 Å². The van der Waals surface area contributed by atoms with Gasteiger partial charge in [0.25, 0.3) is 0 Å². The van der Waals surface area contributed by atoms with Gasteiger partial charge in [-0.3, -0.25) is 0 Å². The Labute approximate surface area is 251 Å². The fraction of sp³-hybridized carbons (Fsp3) is 0.0263. The molecular formula is C38H33P2Se+. The molecule has 0 aliphatic carbocycles. The molecule has 0 heterocycles. The third kappa shape index (κ3) is 4.89. The SMILES string of the molecule is C[Se]C(=P(c1ccccc1)(c1ccccc1)c1ccccc1)[P+](c1ccccc1)(c1ccccc1)c1ccccc1. The van der Waals surface area contributed by atoms with E-state index in [1.807, 2.05) is 0 Å². The van der Waals surface area contributed by atoms with Crippen molar-refractivity contribution in [3.8, 4) is 0 Å². The van der Waals surface area contributed by atoms with E-state index < -0.39 is 14.1 Å². The summed E-state index contributed by atoms with van der Waals surface area (Å²) in [5.41, 5.74) is 0. The maximum atomic E-state index is 2.45. The van der Waals surface area contributed by atoms with Gasteiger partial charge in [-0.25, -0.2) is 0 Å². The normalized spacial score (nSPS) is 11.6. The van der Waals surface area contributed by atoms with Crippen LogP contribution in [-0.4, -0.2) is 18.9 Å². The van der Waals surface area contributed by atoms with Crippen molar-refractivity contribution in [3.05, 3.63) is 182 Å². The zero-order chi connectivity index (χ0) is 28.0. The number of hydrogen-bond acceptors (Lipinski definition) is 0. The molecule has 0 spiro atoms. The first-order chi connectivity index (χ1) is 20.3. The average molecular weight is 631 g/mol. The Morgan fingerprint density at radius 1 is 0.390 bits per heavy atom. The van der Waals surface area contributed by atoms with E-state index in [0.29, 0.717) is 0 Å². The number of benzene rings is 6. The van der Waals surface area contributed by atoms with E-state index in [-0.39, 0.29) is 15.0 Å². The fourth-order valence-corrected chi connectivity index (χ4v) is 24.7. The topological polar surface area (TPSA) is 0 Å². The molecule has 0 unspecified atom stereocenters. The Balaban J connectivity index is 1.97. The molecule has 200 valence electrons. The van der Waals surface area contributed by atoms with Gasteiger partial charge in [0.05, 0.1) is 0 Å². The molecule has 3 heteroatoms. The molecule has 0 fully saturated rings. The Bertz CT molecular complexity index is 1540. The van der Waals surface area contributed by atoms with Crippen LogP contribution in [0.3, 0.4) is 0 Å². The van der Waals surface area contributed by atoms with Gasteiger partial charge in [0.2, 0.25) is 0 Å². The maximum absolute atomic E-state index is 2.45. The van der Waals surface area contributed by atoms with E-state index in [1.165, 1.54) is 31.8 Å². The first-order valence-electron chi connectivity index (χ1n) is 13.9. The summed E-state index contributed by atoms with van der Waals surface area (Å²) in [6.07, 6.45) is 0. The fourth-order valence-electron chi connectivity index (χ4n) is 5.97. The summed E-state index contributed by atoms with van der Waals surface area (Å²) in [7, 11) is -2.29. The van der Waals surface area contributed by atoms with Crippen LogP contribution in [0.5, 0.6) is 0 Å². The van der Waals surface area contributed by atoms with Crippen molar-refractivity contribution < 1.29 is 0 Å². The molecule has 6 aromatic rings. The van der Waals surface area contributed by atoms with Crippen LogP contribution in [0.4, 0.5) is 0 Å². The Morgan fingerprint density at radius 2 is 0.634 bits per heavy atom. The van der Waals surface area contributed by atoms with Crippen molar-refractivity contribution in [2.45, 2.75) is 5.82 Å². The summed E-state index contributed by atoms with van der Waals surface area (Å²) in [4.78, 5) is 0. The molecule has 0 radical (unpaired) electrons. The molecule has 0 saturated carbocycles. The van der Waals surface area contributed by atoms with Gasteiger partial charge in [0, 0.05) is 0 Å². The molecule has 0 N–H and O–H groups in total. The van der Waals surface area contributed by atoms with E-state index in [0.717, 1.165) is 0 Å². The summed E-state index contributed by atoms with van der Waals surface area (Å²) >= 11 is 0.199. The molecular weight excluding hydrogens is 597 g/mol. The van der Waals surface area contributed by atoms with Crippen LogP contribution >= 0.6 is 14.1 Å². The van der Waals surface area contributed by atoms with Crippen molar-refractivity contribution >= 4 is 64.9 Å². The zero-order valence-electron chi connectivity index (χ0n) is 23.1. The molecule has 0 saturated heterocycles. The van der Waals surface area contributed by atoms with Crippen LogP contribution in [0.1, 0.15) is 0 Å². The van der Waals surface area contributed by atoms with Crippen LogP contribution in [0.25, 0.3) is 0 Å². The predicted molar refractivity (Wildman–Crippen MR) is 187 cm³/mol. The predicted octanol–water partition coefficient (Wildman–Crippen LogP) is 6.81. The van der Waals surface area contributed by atoms with Gasteiger partial charge >= 0.3 is 253 Å². The van der Waals surface area contributed by atoms with Crippen LogP contribution in [0.2, 0.25) is 5.82 Å². The Morgan fingerprint density at radius 3 is 0.878 bits per heavy atom. The second kappa shape index (κ2) is 12.6. The molecule has 0 aromatic heterocycles. The third-order valence-electron chi connectivity index (χ3n) is 7.62. The van der Waals surface area contributed by atoms with E-state index in [2.05, 4.69) is 188 Å². The monoisotopic (exact) mass is 631 g/mol. The molecule has 0 nitrogen and oxygen atoms in total. The average Bonchev–Trinajstić information content (AvgIpc) is 3.07. The Kier molecular flexibility index (Phi) is 8.53. The van der Waals surface area contributed by atoms with Crippen LogP contribution in [0.15, 0.2) is 182 Å². The molecule has 6 aromatic carbocycles. The van der Waals surface area contributed by atoms with Crippen molar-refractivity contribution in [2.24, 2.45) is 0 Å². The van der Waals surface area contributed by atoms with E-state index in [9.17, 15) is 0 Å². The van der Waals surface area contributed by atoms with Gasteiger partial charge in [0.1, 0.15) is 0 Å². The molecule has 6 rings (SSSR count). The number of hydrogen-bond donors (Lipinski definition) is 0. The quantitative estimate of drug-likeness (QED) is 0.128. The second-order valence-electron chi connectivity index (χ2n) is 9.84. The molecule has 0 amide bonds. The first-order valence-corrected chi connectivity index (χ1v) is 20.0. The molecule has 0 aliphatic heterocycles. The molecule has 0 aliphatic rings. The first kappa shape index (κ1) is 27.7. The zero-order valence-corrected chi connectivity index (χ0v) is 26.6. The minimum atomic E-state index is -2.29. The summed E-state index contributed by atoms with van der Waals surface area (Å²) in [5, 5.41) is 8.52. The molecule has 41 heavy (non-hydrogen) atoms. The summed E-state index contributed by atoms with van der Waals surface area (Å²) in [5.74, 6) is 2.45. The minimum absolute atomic E-state index is 0.199. The summed E-state index contributed by atoms with van der Waals surface area (Å²) in [6.45, 7) is -2.29. The molecule has 0 bridgehead atoms. The van der Waals surface area contributed by atoms with Crippen LogP contribution in [0, 0.1) is 0 Å². The second-order valence-corrected chi connectivity index (χ2v) is 19.9.